The number of ether oxygens (including phenoxy) is 2. The quantitative estimate of drug-likeness (QED) is 0.108. The summed E-state index contributed by atoms with van der Waals surface area (Å²) < 4.78 is 40.2. The lowest BCUT2D eigenvalue weighted by molar-refractivity contribution is -0.204. The molecule has 50 heavy (non-hydrogen) atoms. The molecule has 266 valence electrons. The van der Waals surface area contributed by atoms with Crippen LogP contribution in [-0.2, 0) is 35.7 Å². The SMILES string of the molecule is Cc1cc(C)c(S(=O)(=O)N[C@@H](CNC(=O)CO[C@@H]2C[C@@H](CNc3cc4ccccc4cn3)N(C(O)OCc3ccccc3)C2)C(=O)O)c(C)c1. The average Bonchev–Trinajstić information content (AvgIpc) is 3.50. The number of nitrogens with one attached hydrogen (secondary N) is 3. The van der Waals surface area contributed by atoms with Crippen molar-refractivity contribution in [2.24, 2.45) is 0 Å². The first-order chi connectivity index (χ1) is 23.9. The number of hydrogen-bond donors (Lipinski definition) is 5. The van der Waals surface area contributed by atoms with Gasteiger partial charge in [-0.3, -0.25) is 9.59 Å². The summed E-state index contributed by atoms with van der Waals surface area (Å²) in [5, 5.41) is 28.6. The van der Waals surface area contributed by atoms with Crippen LogP contribution in [0.2, 0.25) is 0 Å². The molecule has 1 aliphatic rings. The Balaban J connectivity index is 1.18. The van der Waals surface area contributed by atoms with E-state index in [1.807, 2.05) is 67.6 Å². The molecule has 0 bridgehead atoms. The Labute approximate surface area is 291 Å². The van der Waals surface area contributed by atoms with Crippen molar-refractivity contribution in [1.29, 1.82) is 0 Å². The number of aliphatic hydroxyl groups is 1. The summed E-state index contributed by atoms with van der Waals surface area (Å²) in [5.41, 5.74) is 2.75. The number of sulfonamides is 1. The van der Waals surface area contributed by atoms with Crippen molar-refractivity contribution in [3.63, 3.8) is 0 Å². The minimum absolute atomic E-state index is 0.00479. The first-order valence-electron chi connectivity index (χ1n) is 16.3. The third kappa shape index (κ3) is 9.62. The average molecular weight is 706 g/mol. The molecule has 1 unspecified atom stereocenters. The van der Waals surface area contributed by atoms with E-state index >= 15 is 0 Å². The van der Waals surface area contributed by atoms with Crippen LogP contribution in [0.25, 0.3) is 10.8 Å². The van der Waals surface area contributed by atoms with Crippen molar-refractivity contribution in [3.8, 4) is 0 Å². The fraction of sp³-hybridized carbons (Fsp3) is 0.361. The summed E-state index contributed by atoms with van der Waals surface area (Å²) in [6.07, 6.45) is 0.524. The number of hydrogen-bond acceptors (Lipinski definition) is 10. The van der Waals surface area contributed by atoms with Gasteiger partial charge in [-0.05, 0) is 55.3 Å². The van der Waals surface area contributed by atoms with E-state index in [1.54, 1.807) is 37.1 Å². The molecule has 4 aromatic rings. The minimum atomic E-state index is -4.20. The largest absolute Gasteiger partial charge is 0.480 e. The van der Waals surface area contributed by atoms with E-state index in [-0.39, 0.29) is 24.1 Å². The van der Waals surface area contributed by atoms with Crippen molar-refractivity contribution >= 4 is 38.5 Å². The van der Waals surface area contributed by atoms with Gasteiger partial charge in [0.2, 0.25) is 22.3 Å². The molecule has 5 N–H and O–H groups in total. The smallest absolute Gasteiger partial charge is 0.323 e. The van der Waals surface area contributed by atoms with E-state index in [9.17, 15) is 28.2 Å². The normalized spacial score (nSPS) is 17.8. The number of aryl methyl sites for hydroxylation is 3. The fourth-order valence-corrected chi connectivity index (χ4v) is 7.85. The molecule has 0 spiro atoms. The van der Waals surface area contributed by atoms with Crippen molar-refractivity contribution in [2.45, 2.75) is 63.3 Å². The van der Waals surface area contributed by atoms with Gasteiger partial charge in [-0.2, -0.15) is 4.72 Å². The van der Waals surface area contributed by atoms with Crippen molar-refractivity contribution in [3.05, 3.63) is 101 Å². The van der Waals surface area contributed by atoms with Crippen LogP contribution in [0.3, 0.4) is 0 Å². The Morgan fingerprint density at radius 1 is 1.00 bits per heavy atom. The number of aliphatic hydroxyl groups excluding tert-OH is 1. The van der Waals surface area contributed by atoms with Crippen LogP contribution in [0.4, 0.5) is 5.82 Å². The zero-order valence-corrected chi connectivity index (χ0v) is 29.0. The lowest BCUT2D eigenvalue weighted by atomic mass is 10.1. The minimum Gasteiger partial charge on any atom is -0.480 e. The van der Waals surface area contributed by atoms with Crippen LogP contribution in [0.1, 0.15) is 28.7 Å². The Morgan fingerprint density at radius 3 is 2.38 bits per heavy atom. The zero-order chi connectivity index (χ0) is 35.8. The first kappa shape index (κ1) is 36.8. The number of fused-ring (bicyclic) bond motifs is 1. The van der Waals surface area contributed by atoms with Gasteiger partial charge in [0.1, 0.15) is 18.5 Å². The van der Waals surface area contributed by atoms with Gasteiger partial charge in [0.25, 0.3) is 0 Å². The molecule has 5 rings (SSSR count). The standard InChI is InChI=1S/C36H43N5O8S/c1-23-13-24(2)34(25(3)14-23)50(46,47)40-31(35(43)44)19-39-33(42)22-48-30-16-29(18-38-32-15-27-11-7-8-12-28(27)17-37-32)41(20-30)36(45)49-21-26-9-5-4-6-10-26/h4-15,17,29-31,36,40,45H,16,18-22H2,1-3H3,(H,37,38)(H,39,42)(H,43,44)/t29-,30+,31-,36?/m0/s1. The zero-order valence-electron chi connectivity index (χ0n) is 28.2. The number of carboxylic acids is 1. The highest BCUT2D eigenvalue weighted by atomic mass is 32.2. The van der Waals surface area contributed by atoms with Crippen molar-refractivity contribution in [2.75, 3.05) is 31.6 Å². The summed E-state index contributed by atoms with van der Waals surface area (Å²) in [6, 6.07) is 20.9. The van der Waals surface area contributed by atoms with E-state index in [4.69, 9.17) is 9.47 Å². The molecular formula is C36H43N5O8S. The number of carbonyl (C=O) groups is 2. The van der Waals surface area contributed by atoms with E-state index in [0.29, 0.717) is 29.9 Å². The summed E-state index contributed by atoms with van der Waals surface area (Å²) >= 11 is 0. The molecule has 1 saturated heterocycles. The molecule has 1 aliphatic heterocycles. The van der Waals surface area contributed by atoms with Crippen LogP contribution in [-0.4, -0.2) is 91.2 Å². The molecule has 13 nitrogen and oxygen atoms in total. The number of likely N-dealkylation sites (tertiary alicyclic amines) is 1. The summed E-state index contributed by atoms with van der Waals surface area (Å²) in [4.78, 5) is 31.0. The van der Waals surface area contributed by atoms with Crippen molar-refractivity contribution < 1.29 is 37.7 Å². The molecule has 0 saturated carbocycles. The second-order valence-electron chi connectivity index (χ2n) is 12.5. The van der Waals surface area contributed by atoms with E-state index in [2.05, 4.69) is 20.3 Å². The molecule has 4 atom stereocenters. The number of aromatic nitrogens is 1. The number of pyridine rings is 1. The maximum Gasteiger partial charge on any atom is 0.323 e. The van der Waals surface area contributed by atoms with Crippen LogP contribution >= 0.6 is 0 Å². The number of benzene rings is 3. The predicted molar refractivity (Wildman–Crippen MR) is 188 cm³/mol. The second kappa shape index (κ2) is 16.5. The highest BCUT2D eigenvalue weighted by molar-refractivity contribution is 7.89. The third-order valence-corrected chi connectivity index (χ3v) is 10.3. The highest BCUT2D eigenvalue weighted by Gasteiger charge is 2.37. The van der Waals surface area contributed by atoms with Crippen molar-refractivity contribution in [1.82, 2.24) is 19.9 Å². The fourth-order valence-electron chi connectivity index (χ4n) is 6.21. The molecular weight excluding hydrogens is 662 g/mol. The third-order valence-electron chi connectivity index (χ3n) is 8.52. The van der Waals surface area contributed by atoms with E-state index in [0.717, 1.165) is 21.9 Å². The van der Waals surface area contributed by atoms with Gasteiger partial charge in [0.05, 0.1) is 17.6 Å². The maximum atomic E-state index is 13.1. The number of carboxylic acid groups (broad SMARTS) is 1. The van der Waals surface area contributed by atoms with Crippen LogP contribution in [0, 0.1) is 20.8 Å². The Morgan fingerprint density at radius 2 is 1.68 bits per heavy atom. The molecule has 0 radical (unpaired) electrons. The van der Waals surface area contributed by atoms with Crippen LogP contribution in [0.15, 0.2) is 83.9 Å². The van der Waals surface area contributed by atoms with Gasteiger partial charge in [-0.15, -0.1) is 0 Å². The van der Waals surface area contributed by atoms with E-state index < -0.39 is 53.6 Å². The monoisotopic (exact) mass is 705 g/mol. The van der Waals surface area contributed by atoms with Crippen LogP contribution < -0.4 is 15.4 Å². The summed E-state index contributed by atoms with van der Waals surface area (Å²) in [7, 11) is -4.20. The number of aliphatic carboxylic acids is 1. The lowest BCUT2D eigenvalue weighted by Crippen LogP contribution is -2.49. The molecule has 2 heterocycles. The Kier molecular flexibility index (Phi) is 12.2. The molecule has 0 aliphatic carbocycles. The summed E-state index contributed by atoms with van der Waals surface area (Å²) in [5.74, 6) is -1.39. The first-order valence-corrected chi connectivity index (χ1v) is 17.8. The highest BCUT2D eigenvalue weighted by Crippen LogP contribution is 2.25. The molecule has 1 aromatic heterocycles. The Hall–Kier alpha value is -4.44. The molecule has 1 fully saturated rings. The molecule has 14 heteroatoms. The molecule has 1 amide bonds. The van der Waals surface area contributed by atoms with Gasteiger partial charge in [-0.1, -0.05) is 72.3 Å². The maximum absolute atomic E-state index is 13.1. The number of rotatable bonds is 16. The van der Waals surface area contributed by atoms with Gasteiger partial charge < -0.3 is 30.3 Å². The van der Waals surface area contributed by atoms with Gasteiger partial charge in [0.15, 0.2) is 0 Å². The predicted octanol–water partition coefficient (Wildman–Crippen LogP) is 3.07. The van der Waals surface area contributed by atoms with Gasteiger partial charge in [-0.25, -0.2) is 18.3 Å². The number of amides is 1. The summed E-state index contributed by atoms with van der Waals surface area (Å²) in [6.45, 7) is 5.09. The van der Waals surface area contributed by atoms with Crippen LogP contribution in [0.5, 0.6) is 0 Å². The second-order valence-corrected chi connectivity index (χ2v) is 14.1. The topological polar surface area (TPSA) is 179 Å². The Bertz CT molecular complexity index is 1890. The molecule has 3 aromatic carbocycles. The van der Waals surface area contributed by atoms with Gasteiger partial charge >= 0.3 is 5.97 Å². The number of carbonyl (C=O) groups excluding carboxylic acids is 1. The van der Waals surface area contributed by atoms with Gasteiger partial charge in [0, 0.05) is 37.3 Å². The lowest BCUT2D eigenvalue weighted by Gasteiger charge is -2.29. The number of nitrogens with zero attached hydrogens (tertiary/aromatic N) is 2. The van der Waals surface area contributed by atoms with E-state index in [1.165, 1.54) is 0 Å². The number of anilines is 1.